The summed E-state index contributed by atoms with van der Waals surface area (Å²) < 4.78 is 33.0. The number of nitrogens with one attached hydrogen (secondary N) is 3. The lowest BCUT2D eigenvalue weighted by molar-refractivity contribution is 0.114. The molecule has 2 rings (SSSR count). The summed E-state index contributed by atoms with van der Waals surface area (Å²) in [5.74, 6) is 0. The number of aryl methyl sites for hydroxylation is 1. The maximum atomic E-state index is 12.5. The summed E-state index contributed by atoms with van der Waals surface area (Å²) in [7, 11) is -3.57. The number of rotatable bonds is 8. The molecule has 21 heavy (non-hydrogen) atoms. The van der Waals surface area contributed by atoms with Crippen LogP contribution >= 0.6 is 0 Å². The van der Waals surface area contributed by atoms with Crippen LogP contribution in [-0.2, 0) is 21.3 Å². The quantitative estimate of drug-likeness (QED) is 0.613. The lowest BCUT2D eigenvalue weighted by atomic mass is 10.2. The van der Waals surface area contributed by atoms with Crippen molar-refractivity contribution in [3.8, 4) is 0 Å². The number of H-pyrrole nitrogens is 1. The van der Waals surface area contributed by atoms with E-state index in [0.29, 0.717) is 31.1 Å². The Morgan fingerprint density at radius 1 is 1.48 bits per heavy atom. The molecule has 0 aromatic carbocycles. The lowest BCUT2D eigenvalue weighted by Gasteiger charge is -2.12. The highest BCUT2D eigenvalue weighted by Crippen LogP contribution is 2.18. The van der Waals surface area contributed by atoms with Crippen molar-refractivity contribution in [1.82, 2.24) is 20.2 Å². The molecule has 0 radical (unpaired) electrons. The first-order valence-corrected chi connectivity index (χ1v) is 8.88. The molecule has 0 bridgehead atoms. The zero-order chi connectivity index (χ0) is 15.3. The number of hydrogen-bond acceptors (Lipinski definition) is 5. The van der Waals surface area contributed by atoms with E-state index in [-0.39, 0.29) is 11.0 Å². The topological polar surface area (TPSA) is 96.1 Å². The van der Waals surface area contributed by atoms with Gasteiger partial charge < -0.3 is 10.1 Å². The third-order valence-electron chi connectivity index (χ3n) is 3.47. The molecule has 0 aliphatic carbocycles. The molecule has 120 valence electrons. The zero-order valence-corrected chi connectivity index (χ0v) is 13.4. The third kappa shape index (κ3) is 4.26. The minimum absolute atomic E-state index is 0.0198. The van der Waals surface area contributed by atoms with Crippen molar-refractivity contribution < 1.29 is 13.2 Å². The summed E-state index contributed by atoms with van der Waals surface area (Å²) in [6.45, 7) is 6.07. The van der Waals surface area contributed by atoms with Gasteiger partial charge in [-0.05, 0) is 32.7 Å². The van der Waals surface area contributed by atoms with Gasteiger partial charge >= 0.3 is 0 Å². The zero-order valence-electron chi connectivity index (χ0n) is 12.6. The second-order valence-electron chi connectivity index (χ2n) is 5.29. The molecular formula is C13H24N4O3S. The Morgan fingerprint density at radius 3 is 2.95 bits per heavy atom. The van der Waals surface area contributed by atoms with Crippen LogP contribution in [0.4, 0.5) is 0 Å². The fraction of sp³-hybridized carbons (Fsp3) is 0.769. The molecule has 1 aliphatic rings. The van der Waals surface area contributed by atoms with E-state index >= 15 is 0 Å². The summed E-state index contributed by atoms with van der Waals surface area (Å²) in [4.78, 5) is 0.254. The normalized spacial score (nSPS) is 19.2. The Kier molecular flexibility index (Phi) is 5.74. The molecule has 1 fully saturated rings. The lowest BCUT2D eigenvalue weighted by Crippen LogP contribution is -2.32. The van der Waals surface area contributed by atoms with Crippen molar-refractivity contribution in [2.75, 3.05) is 19.7 Å². The molecule has 2 heterocycles. The second-order valence-corrected chi connectivity index (χ2v) is 6.99. The average Bonchev–Trinajstić information content (AvgIpc) is 3.07. The summed E-state index contributed by atoms with van der Waals surface area (Å²) in [6.07, 6.45) is 2.86. The van der Waals surface area contributed by atoms with E-state index in [1.807, 2.05) is 0 Å². The van der Waals surface area contributed by atoms with Crippen LogP contribution in [0.1, 0.15) is 37.6 Å². The van der Waals surface area contributed by atoms with E-state index in [9.17, 15) is 8.42 Å². The van der Waals surface area contributed by atoms with Crippen LogP contribution in [0.25, 0.3) is 0 Å². The summed E-state index contributed by atoms with van der Waals surface area (Å²) in [5.41, 5.74) is 1.09. The molecular weight excluding hydrogens is 292 g/mol. The van der Waals surface area contributed by atoms with E-state index in [4.69, 9.17) is 4.74 Å². The van der Waals surface area contributed by atoms with Gasteiger partial charge in [-0.15, -0.1) is 0 Å². The van der Waals surface area contributed by atoms with E-state index < -0.39 is 10.0 Å². The number of nitrogens with zero attached hydrogens (tertiary/aromatic N) is 1. The van der Waals surface area contributed by atoms with Crippen LogP contribution in [-0.4, -0.2) is 44.4 Å². The van der Waals surface area contributed by atoms with Crippen molar-refractivity contribution in [1.29, 1.82) is 0 Å². The minimum atomic E-state index is -3.57. The number of aromatic nitrogens is 2. The van der Waals surface area contributed by atoms with Crippen LogP contribution < -0.4 is 10.0 Å². The monoisotopic (exact) mass is 316 g/mol. The van der Waals surface area contributed by atoms with Gasteiger partial charge in [0.15, 0.2) is 0 Å². The third-order valence-corrected chi connectivity index (χ3v) is 5.10. The highest BCUT2D eigenvalue weighted by atomic mass is 32.2. The maximum Gasteiger partial charge on any atom is 0.244 e. The molecule has 1 unspecified atom stereocenters. The molecule has 1 saturated heterocycles. The number of ether oxygens (including phenoxy) is 1. The van der Waals surface area contributed by atoms with E-state index in [2.05, 4.69) is 27.2 Å². The predicted octanol–water partition coefficient (Wildman–Crippen LogP) is 0.675. The number of aromatic amines is 1. The highest BCUT2D eigenvalue weighted by molar-refractivity contribution is 7.89. The summed E-state index contributed by atoms with van der Waals surface area (Å²) >= 11 is 0. The van der Waals surface area contributed by atoms with E-state index in [1.165, 1.54) is 0 Å². The molecule has 0 amide bonds. The Labute approximate surface area is 125 Å². The van der Waals surface area contributed by atoms with Crippen LogP contribution in [0.15, 0.2) is 4.90 Å². The molecule has 1 aromatic rings. The van der Waals surface area contributed by atoms with Crippen LogP contribution in [0.3, 0.4) is 0 Å². The van der Waals surface area contributed by atoms with Crippen LogP contribution in [0.5, 0.6) is 0 Å². The van der Waals surface area contributed by atoms with Gasteiger partial charge in [0.1, 0.15) is 4.90 Å². The van der Waals surface area contributed by atoms with Crippen molar-refractivity contribution >= 4 is 10.0 Å². The molecule has 0 spiro atoms. The largest absolute Gasteiger partial charge is 0.377 e. The van der Waals surface area contributed by atoms with Gasteiger partial charge in [-0.3, -0.25) is 5.10 Å². The maximum absolute atomic E-state index is 12.5. The second kappa shape index (κ2) is 7.35. The van der Waals surface area contributed by atoms with Crippen molar-refractivity contribution in [2.24, 2.45) is 0 Å². The van der Waals surface area contributed by atoms with Crippen molar-refractivity contribution in [2.45, 2.75) is 50.7 Å². The highest BCUT2D eigenvalue weighted by Gasteiger charge is 2.26. The standard InChI is InChI=1S/C13H24N4O3S/c1-3-6-14-9-12-13(10(2)16-17-12)21(18,19)15-8-11-5-4-7-20-11/h11,14-15H,3-9H2,1-2H3,(H,16,17). The molecule has 3 N–H and O–H groups in total. The molecule has 0 saturated carbocycles. The Morgan fingerprint density at radius 2 is 2.29 bits per heavy atom. The summed E-state index contributed by atoms with van der Waals surface area (Å²) in [6, 6.07) is 0. The molecule has 1 atom stereocenters. The molecule has 1 aromatic heterocycles. The van der Waals surface area contributed by atoms with Crippen LogP contribution in [0, 0.1) is 6.92 Å². The van der Waals surface area contributed by atoms with Gasteiger partial charge in [-0.1, -0.05) is 6.92 Å². The Hall–Kier alpha value is -0.960. The van der Waals surface area contributed by atoms with Gasteiger partial charge in [-0.25, -0.2) is 13.1 Å². The van der Waals surface area contributed by atoms with E-state index in [1.54, 1.807) is 6.92 Å². The van der Waals surface area contributed by atoms with Gasteiger partial charge in [-0.2, -0.15) is 5.10 Å². The smallest absolute Gasteiger partial charge is 0.244 e. The number of hydrogen-bond donors (Lipinski definition) is 3. The molecule has 8 heteroatoms. The molecule has 1 aliphatic heterocycles. The fourth-order valence-corrected chi connectivity index (χ4v) is 3.84. The molecule has 7 nitrogen and oxygen atoms in total. The Bertz CT molecular complexity index is 550. The first-order valence-electron chi connectivity index (χ1n) is 7.40. The predicted molar refractivity (Wildman–Crippen MR) is 79.5 cm³/mol. The first-order chi connectivity index (χ1) is 10.0. The van der Waals surface area contributed by atoms with E-state index in [0.717, 1.165) is 25.8 Å². The van der Waals surface area contributed by atoms with Gasteiger partial charge in [0.05, 0.1) is 17.5 Å². The van der Waals surface area contributed by atoms with Crippen molar-refractivity contribution in [3.63, 3.8) is 0 Å². The Balaban J connectivity index is 2.05. The summed E-state index contributed by atoms with van der Waals surface area (Å²) in [5, 5.41) is 10.0. The first kappa shape index (κ1) is 16.4. The van der Waals surface area contributed by atoms with Crippen LogP contribution in [0.2, 0.25) is 0 Å². The minimum Gasteiger partial charge on any atom is -0.377 e. The van der Waals surface area contributed by atoms with Gasteiger partial charge in [0, 0.05) is 19.7 Å². The van der Waals surface area contributed by atoms with Crippen molar-refractivity contribution in [3.05, 3.63) is 11.4 Å². The van der Waals surface area contributed by atoms with Gasteiger partial charge in [0.2, 0.25) is 10.0 Å². The average molecular weight is 316 g/mol. The fourth-order valence-electron chi connectivity index (χ4n) is 2.41. The SMILES string of the molecule is CCCNCc1n[nH]c(C)c1S(=O)(=O)NCC1CCCO1. The number of sulfonamides is 1. The van der Waals surface area contributed by atoms with Gasteiger partial charge in [0.25, 0.3) is 0 Å².